The van der Waals surface area contributed by atoms with E-state index < -0.39 is 12.2 Å². The van der Waals surface area contributed by atoms with Crippen molar-refractivity contribution in [2.45, 2.75) is 50.4 Å². The molecule has 5 rings (SSSR count). The minimum absolute atomic E-state index is 0.196. The van der Waals surface area contributed by atoms with Crippen molar-refractivity contribution in [1.82, 2.24) is 9.80 Å². The van der Waals surface area contributed by atoms with Crippen molar-refractivity contribution in [3.8, 4) is 0 Å². The van der Waals surface area contributed by atoms with Crippen molar-refractivity contribution in [3.63, 3.8) is 0 Å². The molecule has 2 aliphatic heterocycles. The Balaban J connectivity index is 1.25. The van der Waals surface area contributed by atoms with E-state index in [1.807, 2.05) is 24.3 Å². The Bertz CT molecular complexity index is 955. The molecule has 194 valence electrons. The van der Waals surface area contributed by atoms with Gasteiger partial charge in [-0.25, -0.2) is 0 Å². The molecule has 2 heterocycles. The van der Waals surface area contributed by atoms with Gasteiger partial charge >= 0.3 is 0 Å². The van der Waals surface area contributed by atoms with E-state index in [-0.39, 0.29) is 17.9 Å². The van der Waals surface area contributed by atoms with Crippen LogP contribution in [-0.4, -0.2) is 71.7 Å². The smallest absolute Gasteiger partial charge is 0.229 e. The summed E-state index contributed by atoms with van der Waals surface area (Å²) >= 11 is 0. The number of hydrogen-bond acceptors (Lipinski definition) is 6. The van der Waals surface area contributed by atoms with E-state index >= 15 is 0 Å². The summed E-state index contributed by atoms with van der Waals surface area (Å²) < 4.78 is 11.2. The third-order valence-electron chi connectivity index (χ3n) is 8.20. The number of hydrogen-bond donors (Lipinski definition) is 2. The van der Waals surface area contributed by atoms with Gasteiger partial charge in [-0.15, -0.1) is 0 Å². The van der Waals surface area contributed by atoms with E-state index in [2.05, 4.69) is 46.2 Å². The molecule has 1 saturated heterocycles. The molecule has 4 unspecified atom stereocenters. The summed E-state index contributed by atoms with van der Waals surface area (Å²) in [6, 6.07) is 20.6. The van der Waals surface area contributed by atoms with Gasteiger partial charge in [-0.1, -0.05) is 73.5 Å². The van der Waals surface area contributed by atoms with Gasteiger partial charge in [0.15, 0.2) is 0 Å². The highest BCUT2D eigenvalue weighted by atomic mass is 16.7. The zero-order valence-corrected chi connectivity index (χ0v) is 21.1. The number of piperazine rings is 1. The van der Waals surface area contributed by atoms with E-state index in [0.29, 0.717) is 6.79 Å². The van der Waals surface area contributed by atoms with Crippen LogP contribution < -0.4 is 0 Å². The van der Waals surface area contributed by atoms with Crippen molar-refractivity contribution in [2.24, 2.45) is 11.8 Å². The predicted octanol–water partition coefficient (Wildman–Crippen LogP) is 3.96. The van der Waals surface area contributed by atoms with Crippen LogP contribution in [0.3, 0.4) is 0 Å². The predicted molar refractivity (Wildman–Crippen MR) is 140 cm³/mol. The van der Waals surface area contributed by atoms with Gasteiger partial charge in [-0.05, 0) is 36.3 Å². The minimum atomic E-state index is -0.790. The van der Waals surface area contributed by atoms with E-state index in [1.54, 1.807) is 6.26 Å². The number of ether oxygens (including phenoxy) is 2. The van der Waals surface area contributed by atoms with Crippen LogP contribution in [0.15, 0.2) is 72.7 Å². The first-order chi connectivity index (χ1) is 17.7. The Morgan fingerprint density at radius 1 is 0.861 bits per heavy atom. The fraction of sp³-hybridized carbons (Fsp3) is 0.533. The monoisotopic (exact) mass is 492 g/mol. The average molecular weight is 493 g/mol. The summed E-state index contributed by atoms with van der Waals surface area (Å²) in [5.74, 6) is 1.37. The number of rotatable bonds is 10. The molecule has 2 fully saturated rings. The molecule has 6 nitrogen and oxygen atoms in total. The highest BCUT2D eigenvalue weighted by Gasteiger charge is 2.38. The van der Waals surface area contributed by atoms with Crippen LogP contribution in [0.1, 0.15) is 42.9 Å². The van der Waals surface area contributed by atoms with Gasteiger partial charge < -0.3 is 24.6 Å². The third kappa shape index (κ3) is 6.12. The maximum absolute atomic E-state index is 11.4. The summed E-state index contributed by atoms with van der Waals surface area (Å²) in [6.45, 7) is 4.73. The summed E-state index contributed by atoms with van der Waals surface area (Å²) in [7, 11) is 0. The zero-order chi connectivity index (χ0) is 24.7. The molecule has 0 radical (unpaired) electrons. The molecule has 2 aromatic rings. The molecule has 0 bridgehead atoms. The Hall–Kier alpha value is -2.38. The lowest BCUT2D eigenvalue weighted by Gasteiger charge is -2.43. The number of aliphatic hydroxyl groups is 2. The fourth-order valence-electron chi connectivity index (χ4n) is 6.19. The van der Waals surface area contributed by atoms with E-state index in [9.17, 15) is 10.2 Å². The molecule has 2 N–H and O–H groups in total. The first-order valence-corrected chi connectivity index (χ1v) is 13.5. The van der Waals surface area contributed by atoms with E-state index in [4.69, 9.17) is 9.47 Å². The normalized spacial score (nSPS) is 22.9. The fourth-order valence-corrected chi connectivity index (χ4v) is 6.19. The topological polar surface area (TPSA) is 65.4 Å². The van der Waals surface area contributed by atoms with Gasteiger partial charge in [0.25, 0.3) is 0 Å². The molecule has 2 aromatic carbocycles. The number of nitrogens with zero attached hydrogens (tertiary/aromatic N) is 2. The average Bonchev–Trinajstić information content (AvgIpc) is 3.65. The van der Waals surface area contributed by atoms with Crippen molar-refractivity contribution in [2.75, 3.05) is 39.5 Å². The highest BCUT2D eigenvalue weighted by molar-refractivity contribution is 5.21. The lowest BCUT2D eigenvalue weighted by atomic mass is 9.88. The second-order valence-electron chi connectivity index (χ2n) is 10.6. The largest absolute Gasteiger partial charge is 0.462 e. The molecule has 4 atom stereocenters. The molecular weight excluding hydrogens is 452 g/mol. The van der Waals surface area contributed by atoms with E-state index in [0.717, 1.165) is 76.2 Å². The number of benzene rings is 2. The van der Waals surface area contributed by atoms with Gasteiger partial charge in [0.1, 0.15) is 12.0 Å². The van der Waals surface area contributed by atoms with E-state index in [1.165, 1.54) is 5.56 Å². The van der Waals surface area contributed by atoms with Crippen LogP contribution in [0.5, 0.6) is 0 Å². The third-order valence-corrected chi connectivity index (χ3v) is 8.20. The molecule has 0 amide bonds. The lowest BCUT2D eigenvalue weighted by Crippen LogP contribution is -2.53. The summed E-state index contributed by atoms with van der Waals surface area (Å²) in [5.41, 5.74) is 2.38. The van der Waals surface area contributed by atoms with Crippen molar-refractivity contribution < 1.29 is 19.7 Å². The molecular formula is C30H40N2O4. The first kappa shape index (κ1) is 25.3. The standard InChI is InChI=1S/C30H40N2O4/c33-29(25-13-7-8-14-25)30(34)28(24-11-5-2-6-12-24)32-17-15-31(16-18-32)20-26(27-21-35-22-36-27)19-23-9-3-1-4-10-23/h1-6,9-12,21,25-26,28-30,33-34H,7-8,13-20,22H2. The van der Waals surface area contributed by atoms with Gasteiger partial charge in [0.05, 0.1) is 18.2 Å². The molecule has 0 spiro atoms. The minimum Gasteiger partial charge on any atom is -0.462 e. The van der Waals surface area contributed by atoms with Crippen LogP contribution in [0.4, 0.5) is 0 Å². The lowest BCUT2D eigenvalue weighted by molar-refractivity contribution is -0.0720. The first-order valence-electron chi connectivity index (χ1n) is 13.5. The summed E-state index contributed by atoms with van der Waals surface area (Å²) in [4.78, 5) is 4.86. The van der Waals surface area contributed by atoms with Crippen molar-refractivity contribution in [1.29, 1.82) is 0 Å². The van der Waals surface area contributed by atoms with Gasteiger partial charge in [-0.3, -0.25) is 4.90 Å². The molecule has 6 heteroatoms. The molecule has 0 aromatic heterocycles. The quantitative estimate of drug-likeness (QED) is 0.524. The highest BCUT2D eigenvalue weighted by Crippen LogP contribution is 2.35. The summed E-state index contributed by atoms with van der Waals surface area (Å²) in [6.07, 6.45) is 5.54. The van der Waals surface area contributed by atoms with Crippen molar-refractivity contribution in [3.05, 3.63) is 83.8 Å². The zero-order valence-electron chi connectivity index (χ0n) is 21.1. The number of aliphatic hydroxyl groups excluding tert-OH is 2. The van der Waals surface area contributed by atoms with Crippen LogP contribution in [0, 0.1) is 11.8 Å². The maximum Gasteiger partial charge on any atom is 0.229 e. The van der Waals surface area contributed by atoms with Gasteiger partial charge in [0, 0.05) is 38.6 Å². The Morgan fingerprint density at radius 2 is 1.53 bits per heavy atom. The van der Waals surface area contributed by atoms with Crippen LogP contribution in [0.2, 0.25) is 0 Å². The Morgan fingerprint density at radius 3 is 2.17 bits per heavy atom. The Kier molecular flexibility index (Phi) is 8.59. The second-order valence-corrected chi connectivity index (χ2v) is 10.6. The SMILES string of the molecule is OC(C1CCCC1)C(O)C(c1ccccc1)N1CCN(CC(Cc2ccccc2)C2=COCO2)CC1. The van der Waals surface area contributed by atoms with Crippen LogP contribution in [0.25, 0.3) is 0 Å². The van der Waals surface area contributed by atoms with Gasteiger partial charge in [-0.2, -0.15) is 0 Å². The second kappa shape index (κ2) is 12.2. The van der Waals surface area contributed by atoms with Crippen LogP contribution >= 0.6 is 0 Å². The molecule has 1 saturated carbocycles. The molecule has 3 aliphatic rings. The molecule has 36 heavy (non-hydrogen) atoms. The van der Waals surface area contributed by atoms with Crippen LogP contribution in [-0.2, 0) is 15.9 Å². The van der Waals surface area contributed by atoms with Crippen molar-refractivity contribution >= 4 is 0 Å². The Labute approximate surface area is 215 Å². The summed E-state index contributed by atoms with van der Waals surface area (Å²) in [5, 5.41) is 22.5. The maximum atomic E-state index is 11.4. The van der Waals surface area contributed by atoms with Gasteiger partial charge in [0.2, 0.25) is 6.79 Å². The molecule has 1 aliphatic carbocycles.